The largest absolute Gasteiger partial charge is 0.366 e. The lowest BCUT2D eigenvalue weighted by Gasteiger charge is -2.36. The summed E-state index contributed by atoms with van der Waals surface area (Å²) >= 11 is 7.49. The first-order valence-electron chi connectivity index (χ1n) is 10.8. The number of rotatable bonds is 8. The van der Waals surface area contributed by atoms with Crippen LogP contribution in [0.4, 0.5) is 15.9 Å². The molecule has 1 amide bonds. The second-order valence-electron chi connectivity index (χ2n) is 7.63. The number of anilines is 2. The van der Waals surface area contributed by atoms with Gasteiger partial charge in [-0.1, -0.05) is 65.8 Å². The zero-order valence-electron chi connectivity index (χ0n) is 18.1. The molecule has 1 fully saturated rings. The van der Waals surface area contributed by atoms with Crippen molar-refractivity contribution in [2.24, 2.45) is 0 Å². The van der Waals surface area contributed by atoms with Crippen LogP contribution in [-0.4, -0.2) is 54.4 Å². The van der Waals surface area contributed by atoms with Crippen molar-refractivity contribution in [3.8, 4) is 0 Å². The van der Waals surface area contributed by atoms with Gasteiger partial charge in [0.25, 0.3) is 0 Å². The van der Waals surface area contributed by atoms with Gasteiger partial charge in [-0.3, -0.25) is 4.79 Å². The fourth-order valence-corrected chi connectivity index (χ4v) is 4.58. The first-order chi connectivity index (χ1) is 16.1. The van der Waals surface area contributed by atoms with Gasteiger partial charge in [-0.2, -0.15) is 0 Å². The van der Waals surface area contributed by atoms with E-state index in [1.54, 1.807) is 18.2 Å². The minimum absolute atomic E-state index is 0.0699. The molecule has 0 radical (unpaired) electrons. The van der Waals surface area contributed by atoms with Crippen LogP contribution in [0, 0.1) is 5.82 Å². The molecule has 0 aliphatic carbocycles. The standard InChI is InChI=1S/C24H25ClFN5OS/c25-21-16-22(31-14-12-30(13-15-31)20-9-5-4-8-19(20)26)29-24(28-21)33-17-23(32)27-11-10-18-6-2-1-3-7-18/h1-9,16H,10-15,17H2,(H,27,32). The summed E-state index contributed by atoms with van der Waals surface area (Å²) in [5.41, 5.74) is 1.80. The molecule has 1 N–H and O–H groups in total. The maximum Gasteiger partial charge on any atom is 0.230 e. The van der Waals surface area contributed by atoms with E-state index in [4.69, 9.17) is 11.6 Å². The predicted octanol–water partition coefficient (Wildman–Crippen LogP) is 4.05. The van der Waals surface area contributed by atoms with Crippen molar-refractivity contribution in [2.75, 3.05) is 48.3 Å². The minimum Gasteiger partial charge on any atom is -0.366 e. The number of halogens is 2. The van der Waals surface area contributed by atoms with E-state index in [-0.39, 0.29) is 17.5 Å². The number of hydrogen-bond donors (Lipinski definition) is 1. The number of carbonyl (C=O) groups excluding carboxylic acids is 1. The van der Waals surface area contributed by atoms with Crippen molar-refractivity contribution in [2.45, 2.75) is 11.6 Å². The monoisotopic (exact) mass is 485 g/mol. The fourth-order valence-electron chi connectivity index (χ4n) is 3.67. The summed E-state index contributed by atoms with van der Waals surface area (Å²) in [4.78, 5) is 25.2. The third-order valence-corrected chi connectivity index (χ3v) is 6.41. The number of nitrogens with zero attached hydrogens (tertiary/aromatic N) is 4. The van der Waals surface area contributed by atoms with Gasteiger partial charge in [0.1, 0.15) is 16.8 Å². The van der Waals surface area contributed by atoms with E-state index in [1.165, 1.54) is 23.4 Å². The highest BCUT2D eigenvalue weighted by molar-refractivity contribution is 7.99. The SMILES string of the molecule is O=C(CSc1nc(Cl)cc(N2CCN(c3ccccc3F)CC2)n1)NCCc1ccccc1. The maximum atomic E-state index is 14.1. The number of hydrogen-bond acceptors (Lipinski definition) is 6. The van der Waals surface area contributed by atoms with Crippen molar-refractivity contribution < 1.29 is 9.18 Å². The molecule has 9 heteroatoms. The van der Waals surface area contributed by atoms with Crippen molar-refractivity contribution >= 4 is 40.8 Å². The number of piperazine rings is 1. The Balaban J connectivity index is 1.28. The van der Waals surface area contributed by atoms with Crippen LogP contribution in [0.15, 0.2) is 65.8 Å². The second kappa shape index (κ2) is 11.3. The summed E-state index contributed by atoms with van der Waals surface area (Å²) in [5, 5.41) is 3.73. The Kier molecular flexibility index (Phi) is 8.01. The van der Waals surface area contributed by atoms with E-state index >= 15 is 0 Å². The first-order valence-corrected chi connectivity index (χ1v) is 12.2. The molecule has 33 heavy (non-hydrogen) atoms. The van der Waals surface area contributed by atoms with Gasteiger partial charge in [0.15, 0.2) is 5.16 Å². The smallest absolute Gasteiger partial charge is 0.230 e. The van der Waals surface area contributed by atoms with Crippen LogP contribution >= 0.6 is 23.4 Å². The lowest BCUT2D eigenvalue weighted by Crippen LogP contribution is -2.47. The summed E-state index contributed by atoms with van der Waals surface area (Å²) in [6.45, 7) is 3.30. The van der Waals surface area contributed by atoms with Crippen LogP contribution in [0.1, 0.15) is 5.56 Å². The molecule has 172 valence electrons. The van der Waals surface area contributed by atoms with E-state index in [0.717, 1.165) is 12.2 Å². The first kappa shape index (κ1) is 23.3. The molecule has 1 saturated heterocycles. The zero-order valence-corrected chi connectivity index (χ0v) is 19.7. The number of thioether (sulfide) groups is 1. The van der Waals surface area contributed by atoms with Gasteiger partial charge in [0, 0.05) is 38.8 Å². The van der Waals surface area contributed by atoms with Crippen LogP contribution in [0.2, 0.25) is 5.15 Å². The quantitative estimate of drug-likeness (QED) is 0.295. The Morgan fingerprint density at radius 3 is 2.45 bits per heavy atom. The van der Waals surface area contributed by atoms with Crippen molar-refractivity contribution in [1.82, 2.24) is 15.3 Å². The molecule has 3 aromatic rings. The average molecular weight is 486 g/mol. The highest BCUT2D eigenvalue weighted by Gasteiger charge is 2.21. The van der Waals surface area contributed by atoms with E-state index in [2.05, 4.69) is 20.2 Å². The molecule has 0 atom stereocenters. The summed E-state index contributed by atoms with van der Waals surface area (Å²) in [5.74, 6) is 0.654. The van der Waals surface area contributed by atoms with Gasteiger partial charge in [-0.05, 0) is 24.1 Å². The highest BCUT2D eigenvalue weighted by Crippen LogP contribution is 2.25. The Morgan fingerprint density at radius 1 is 1.00 bits per heavy atom. The summed E-state index contributed by atoms with van der Waals surface area (Å²) in [6.07, 6.45) is 0.786. The van der Waals surface area contributed by atoms with E-state index in [0.29, 0.717) is 48.7 Å². The molecule has 0 spiro atoms. The van der Waals surface area contributed by atoms with Gasteiger partial charge in [-0.15, -0.1) is 0 Å². The Bertz CT molecular complexity index is 1080. The molecule has 0 saturated carbocycles. The molecule has 2 heterocycles. The number of aromatic nitrogens is 2. The number of nitrogens with one attached hydrogen (secondary N) is 1. The third kappa shape index (κ3) is 6.58. The molecule has 0 bridgehead atoms. The average Bonchev–Trinajstić information content (AvgIpc) is 2.84. The number of para-hydroxylation sites is 1. The molecule has 0 unspecified atom stereocenters. The van der Waals surface area contributed by atoms with Gasteiger partial charge >= 0.3 is 0 Å². The predicted molar refractivity (Wildman–Crippen MR) is 132 cm³/mol. The van der Waals surface area contributed by atoms with Gasteiger partial charge < -0.3 is 15.1 Å². The highest BCUT2D eigenvalue weighted by atomic mass is 35.5. The molecular formula is C24H25ClFN5OS. The lowest BCUT2D eigenvalue weighted by atomic mass is 10.1. The lowest BCUT2D eigenvalue weighted by molar-refractivity contribution is -0.118. The van der Waals surface area contributed by atoms with Gasteiger partial charge in [0.2, 0.25) is 5.91 Å². The third-order valence-electron chi connectivity index (χ3n) is 5.37. The van der Waals surface area contributed by atoms with Crippen molar-refractivity contribution in [1.29, 1.82) is 0 Å². The molecule has 2 aromatic carbocycles. The van der Waals surface area contributed by atoms with Crippen LogP contribution in [0.3, 0.4) is 0 Å². The molecular weight excluding hydrogens is 461 g/mol. The van der Waals surface area contributed by atoms with Crippen LogP contribution in [0.25, 0.3) is 0 Å². The van der Waals surface area contributed by atoms with E-state index in [1.807, 2.05) is 41.3 Å². The van der Waals surface area contributed by atoms with Gasteiger partial charge in [0.05, 0.1) is 11.4 Å². The fraction of sp³-hybridized carbons (Fsp3) is 0.292. The zero-order chi connectivity index (χ0) is 23.0. The maximum absolute atomic E-state index is 14.1. The Hall–Kier alpha value is -2.84. The topological polar surface area (TPSA) is 61.4 Å². The van der Waals surface area contributed by atoms with Crippen LogP contribution < -0.4 is 15.1 Å². The Labute approximate surface area is 202 Å². The molecule has 1 aromatic heterocycles. The van der Waals surface area contributed by atoms with Crippen molar-refractivity contribution in [3.63, 3.8) is 0 Å². The molecule has 1 aliphatic heterocycles. The normalized spacial score (nSPS) is 13.8. The minimum atomic E-state index is -0.211. The van der Waals surface area contributed by atoms with E-state index in [9.17, 15) is 9.18 Å². The Morgan fingerprint density at radius 2 is 1.70 bits per heavy atom. The van der Waals surface area contributed by atoms with Crippen LogP contribution in [-0.2, 0) is 11.2 Å². The molecule has 4 rings (SSSR count). The molecule has 6 nitrogen and oxygen atoms in total. The number of benzene rings is 2. The number of carbonyl (C=O) groups is 1. The second-order valence-corrected chi connectivity index (χ2v) is 8.96. The molecule has 1 aliphatic rings. The van der Waals surface area contributed by atoms with E-state index < -0.39 is 0 Å². The van der Waals surface area contributed by atoms with Crippen molar-refractivity contribution in [3.05, 3.63) is 77.2 Å². The summed E-state index contributed by atoms with van der Waals surface area (Å²) < 4.78 is 14.1. The van der Waals surface area contributed by atoms with Crippen LogP contribution in [0.5, 0.6) is 0 Å². The number of amides is 1. The summed E-state index contributed by atoms with van der Waals surface area (Å²) in [6, 6.07) is 18.6. The summed E-state index contributed by atoms with van der Waals surface area (Å²) in [7, 11) is 0. The van der Waals surface area contributed by atoms with Gasteiger partial charge in [-0.25, -0.2) is 14.4 Å².